The van der Waals surface area contributed by atoms with E-state index in [1.54, 1.807) is 0 Å². The van der Waals surface area contributed by atoms with E-state index in [4.69, 9.17) is 5.26 Å². The number of nitriles is 1. The van der Waals surface area contributed by atoms with Gasteiger partial charge in [0.15, 0.2) is 0 Å². The van der Waals surface area contributed by atoms with E-state index in [-0.39, 0.29) is 5.41 Å². The molecule has 0 unspecified atom stereocenters. The normalized spacial score (nSPS) is 19.0. The summed E-state index contributed by atoms with van der Waals surface area (Å²) in [6.45, 7) is 6.48. The Hall–Kier alpha value is -0.550. The van der Waals surface area contributed by atoms with Gasteiger partial charge in [-0.05, 0) is 38.1 Å². The second-order valence-corrected chi connectivity index (χ2v) is 4.96. The standard InChI is InChI=1S/C12H22N2/c1-11(2)5-3-8-14-10-12(9-13)6-4-7-12/h11,14H,3-8,10H2,1-2H3. The molecule has 2 heteroatoms. The van der Waals surface area contributed by atoms with E-state index in [1.165, 1.54) is 19.3 Å². The molecule has 0 aromatic carbocycles. The molecule has 0 atom stereocenters. The van der Waals surface area contributed by atoms with Crippen molar-refractivity contribution in [2.75, 3.05) is 13.1 Å². The molecule has 1 saturated carbocycles. The smallest absolute Gasteiger partial charge is 0.0703 e. The van der Waals surface area contributed by atoms with Crippen molar-refractivity contribution >= 4 is 0 Å². The fraction of sp³-hybridized carbons (Fsp3) is 0.917. The van der Waals surface area contributed by atoms with E-state index >= 15 is 0 Å². The molecule has 0 heterocycles. The molecule has 1 N–H and O–H groups in total. The molecule has 0 aliphatic heterocycles. The van der Waals surface area contributed by atoms with Crippen molar-refractivity contribution in [2.24, 2.45) is 11.3 Å². The Bertz CT molecular complexity index is 199. The van der Waals surface area contributed by atoms with Gasteiger partial charge in [0.05, 0.1) is 11.5 Å². The van der Waals surface area contributed by atoms with Gasteiger partial charge in [-0.25, -0.2) is 0 Å². The van der Waals surface area contributed by atoms with Crippen LogP contribution in [-0.4, -0.2) is 13.1 Å². The maximum absolute atomic E-state index is 8.99. The maximum Gasteiger partial charge on any atom is 0.0703 e. The van der Waals surface area contributed by atoms with E-state index in [0.717, 1.165) is 31.8 Å². The summed E-state index contributed by atoms with van der Waals surface area (Å²) < 4.78 is 0. The monoisotopic (exact) mass is 194 g/mol. The molecule has 0 aromatic rings. The molecule has 14 heavy (non-hydrogen) atoms. The van der Waals surface area contributed by atoms with Crippen LogP contribution in [0.3, 0.4) is 0 Å². The minimum atomic E-state index is -0.00215. The maximum atomic E-state index is 8.99. The van der Waals surface area contributed by atoms with Gasteiger partial charge < -0.3 is 5.32 Å². The van der Waals surface area contributed by atoms with Crippen LogP contribution in [0.4, 0.5) is 0 Å². The summed E-state index contributed by atoms with van der Waals surface area (Å²) in [7, 11) is 0. The highest BCUT2D eigenvalue weighted by Gasteiger charge is 2.36. The molecule has 1 aliphatic rings. The minimum absolute atomic E-state index is 0.00215. The molecule has 0 aromatic heterocycles. The van der Waals surface area contributed by atoms with Crippen LogP contribution in [0.5, 0.6) is 0 Å². The Labute approximate surface area is 87.7 Å². The summed E-state index contributed by atoms with van der Waals surface area (Å²) in [5.74, 6) is 0.797. The number of nitrogens with zero attached hydrogens (tertiary/aromatic N) is 1. The first kappa shape index (κ1) is 11.5. The fourth-order valence-electron chi connectivity index (χ4n) is 1.89. The van der Waals surface area contributed by atoms with Gasteiger partial charge >= 0.3 is 0 Å². The van der Waals surface area contributed by atoms with Gasteiger partial charge in [-0.1, -0.05) is 20.3 Å². The Morgan fingerprint density at radius 1 is 1.43 bits per heavy atom. The molecule has 2 nitrogen and oxygen atoms in total. The molecule has 0 spiro atoms. The topological polar surface area (TPSA) is 35.8 Å². The highest BCUT2D eigenvalue weighted by atomic mass is 14.9. The van der Waals surface area contributed by atoms with Crippen molar-refractivity contribution in [3.05, 3.63) is 0 Å². The summed E-state index contributed by atoms with van der Waals surface area (Å²) in [6, 6.07) is 2.45. The van der Waals surface area contributed by atoms with Gasteiger partial charge in [-0.3, -0.25) is 0 Å². The Morgan fingerprint density at radius 2 is 2.14 bits per heavy atom. The van der Waals surface area contributed by atoms with Gasteiger partial charge in [0, 0.05) is 6.54 Å². The molecule has 1 aliphatic carbocycles. The van der Waals surface area contributed by atoms with Crippen LogP contribution in [-0.2, 0) is 0 Å². The lowest BCUT2D eigenvalue weighted by atomic mass is 9.70. The number of rotatable bonds is 6. The lowest BCUT2D eigenvalue weighted by Gasteiger charge is -2.35. The highest BCUT2D eigenvalue weighted by molar-refractivity contribution is 5.05. The average Bonchev–Trinajstić information content (AvgIpc) is 2.08. The van der Waals surface area contributed by atoms with Crippen molar-refractivity contribution < 1.29 is 0 Å². The predicted octanol–water partition coefficient (Wildman–Crippen LogP) is 2.71. The Morgan fingerprint density at radius 3 is 2.57 bits per heavy atom. The largest absolute Gasteiger partial charge is 0.315 e. The Balaban J connectivity index is 2.01. The van der Waals surface area contributed by atoms with E-state index in [9.17, 15) is 0 Å². The number of nitrogens with one attached hydrogen (secondary N) is 1. The van der Waals surface area contributed by atoms with Gasteiger partial charge in [0.2, 0.25) is 0 Å². The van der Waals surface area contributed by atoms with Gasteiger partial charge in [0.1, 0.15) is 0 Å². The third-order valence-electron chi connectivity index (χ3n) is 3.15. The summed E-state index contributed by atoms with van der Waals surface area (Å²) in [6.07, 6.45) is 5.95. The van der Waals surface area contributed by atoms with Crippen LogP contribution in [0, 0.1) is 22.7 Å². The SMILES string of the molecule is CC(C)CCCNCC1(C#N)CCC1. The van der Waals surface area contributed by atoms with E-state index in [0.29, 0.717) is 0 Å². The summed E-state index contributed by atoms with van der Waals surface area (Å²) in [5.41, 5.74) is -0.00215. The van der Waals surface area contributed by atoms with Crippen molar-refractivity contribution in [3.8, 4) is 6.07 Å². The molecular weight excluding hydrogens is 172 g/mol. The predicted molar refractivity (Wildman–Crippen MR) is 58.8 cm³/mol. The zero-order chi connectivity index (χ0) is 10.4. The van der Waals surface area contributed by atoms with Crippen LogP contribution in [0.15, 0.2) is 0 Å². The van der Waals surface area contributed by atoms with Gasteiger partial charge in [-0.2, -0.15) is 5.26 Å². The van der Waals surface area contributed by atoms with E-state index in [1.807, 2.05) is 0 Å². The zero-order valence-corrected chi connectivity index (χ0v) is 9.47. The second-order valence-electron chi connectivity index (χ2n) is 4.96. The van der Waals surface area contributed by atoms with E-state index < -0.39 is 0 Å². The Kier molecular flexibility index (Phi) is 4.41. The summed E-state index contributed by atoms with van der Waals surface area (Å²) in [5, 5.41) is 12.4. The third-order valence-corrected chi connectivity index (χ3v) is 3.15. The fourth-order valence-corrected chi connectivity index (χ4v) is 1.89. The van der Waals surface area contributed by atoms with Crippen molar-refractivity contribution in [1.82, 2.24) is 5.32 Å². The van der Waals surface area contributed by atoms with Crippen LogP contribution in [0.2, 0.25) is 0 Å². The first-order valence-electron chi connectivity index (χ1n) is 5.80. The zero-order valence-electron chi connectivity index (χ0n) is 9.47. The minimum Gasteiger partial charge on any atom is -0.315 e. The lowest BCUT2D eigenvalue weighted by Crippen LogP contribution is -2.39. The molecule has 1 fully saturated rings. The van der Waals surface area contributed by atoms with Crippen LogP contribution < -0.4 is 5.32 Å². The molecule has 0 radical (unpaired) electrons. The van der Waals surface area contributed by atoms with Gasteiger partial charge in [-0.15, -0.1) is 0 Å². The van der Waals surface area contributed by atoms with Crippen molar-refractivity contribution in [3.63, 3.8) is 0 Å². The average molecular weight is 194 g/mol. The summed E-state index contributed by atoms with van der Waals surface area (Å²) in [4.78, 5) is 0. The first-order chi connectivity index (χ1) is 6.68. The molecule has 80 valence electrons. The lowest BCUT2D eigenvalue weighted by molar-refractivity contribution is 0.207. The molecule has 0 saturated heterocycles. The van der Waals surface area contributed by atoms with Crippen LogP contribution in [0.25, 0.3) is 0 Å². The van der Waals surface area contributed by atoms with E-state index in [2.05, 4.69) is 25.2 Å². The molecule has 0 bridgehead atoms. The second kappa shape index (κ2) is 5.36. The number of hydrogen-bond acceptors (Lipinski definition) is 2. The third kappa shape index (κ3) is 3.31. The number of hydrogen-bond donors (Lipinski definition) is 1. The highest BCUT2D eigenvalue weighted by Crippen LogP contribution is 2.39. The van der Waals surface area contributed by atoms with Crippen LogP contribution in [0.1, 0.15) is 46.0 Å². The van der Waals surface area contributed by atoms with Crippen molar-refractivity contribution in [1.29, 1.82) is 5.26 Å². The first-order valence-corrected chi connectivity index (χ1v) is 5.80. The molecule has 0 amide bonds. The summed E-state index contributed by atoms with van der Waals surface area (Å²) >= 11 is 0. The van der Waals surface area contributed by atoms with Gasteiger partial charge in [0.25, 0.3) is 0 Å². The van der Waals surface area contributed by atoms with Crippen molar-refractivity contribution in [2.45, 2.75) is 46.0 Å². The van der Waals surface area contributed by atoms with Crippen LogP contribution >= 0.6 is 0 Å². The quantitative estimate of drug-likeness (QED) is 0.660. The molecular formula is C12H22N2. The molecule has 1 rings (SSSR count).